The van der Waals surface area contributed by atoms with Gasteiger partial charge in [-0.15, -0.1) is 5.10 Å². The minimum Gasteiger partial charge on any atom is -0.466 e. The molecule has 0 saturated carbocycles. The van der Waals surface area contributed by atoms with Crippen LogP contribution >= 0.6 is 0 Å². The van der Waals surface area contributed by atoms with Gasteiger partial charge in [0.25, 0.3) is 0 Å². The zero-order chi connectivity index (χ0) is 23.9. The van der Waals surface area contributed by atoms with Gasteiger partial charge in [-0.2, -0.15) is 0 Å². The summed E-state index contributed by atoms with van der Waals surface area (Å²) in [5.74, 6) is -2.52. The van der Waals surface area contributed by atoms with Crippen LogP contribution < -0.4 is 5.32 Å². The fraction of sp³-hybridized carbons (Fsp3) is 0.609. The Labute approximate surface area is 196 Å². The standard InChI is InChI=1S/C23H29N5O6/c1-2-33-22(32)17-16-9-10-23(34-16)18(17)21(31)27(11-5-6-12-29)19(23)20(30)24-13-28-15-8-4-3-7-14(15)25-26-28/h3-4,7-8,16-19,29H,2,5-6,9-13H2,1H3,(H,24,30)/t16-,17+,18+,19-,23+/m1/s1. The number of para-hydroxylation sites is 1. The van der Waals surface area contributed by atoms with Crippen molar-refractivity contribution in [2.75, 3.05) is 19.8 Å². The molecule has 11 nitrogen and oxygen atoms in total. The summed E-state index contributed by atoms with van der Waals surface area (Å²) in [7, 11) is 0. The molecule has 1 spiro atoms. The molecule has 3 fully saturated rings. The van der Waals surface area contributed by atoms with Crippen molar-refractivity contribution in [3.8, 4) is 0 Å². The van der Waals surface area contributed by atoms with Crippen molar-refractivity contribution in [2.24, 2.45) is 11.8 Å². The second-order valence-corrected chi connectivity index (χ2v) is 9.05. The van der Waals surface area contributed by atoms with Gasteiger partial charge in [-0.1, -0.05) is 17.3 Å². The van der Waals surface area contributed by atoms with Gasteiger partial charge in [0.2, 0.25) is 11.8 Å². The van der Waals surface area contributed by atoms with Crippen LogP contribution in [0, 0.1) is 11.8 Å². The SMILES string of the molecule is CCOC(=O)[C@@H]1[C@H]2C(=O)N(CCCCO)[C@H](C(=O)NCn3nnc4ccccc43)[C@]23CC[C@H]1O3. The number of ether oxygens (including phenoxy) is 2. The van der Waals surface area contributed by atoms with Crippen LogP contribution in [0.4, 0.5) is 0 Å². The van der Waals surface area contributed by atoms with Crippen LogP contribution in [0.15, 0.2) is 24.3 Å². The maximum Gasteiger partial charge on any atom is 0.312 e. The lowest BCUT2D eigenvalue weighted by atomic mass is 9.71. The smallest absolute Gasteiger partial charge is 0.312 e. The van der Waals surface area contributed by atoms with Crippen molar-refractivity contribution in [2.45, 2.75) is 57.0 Å². The lowest BCUT2D eigenvalue weighted by molar-refractivity contribution is -0.154. The van der Waals surface area contributed by atoms with Gasteiger partial charge < -0.3 is 24.8 Å². The molecule has 2 amide bonds. The van der Waals surface area contributed by atoms with Gasteiger partial charge in [0.15, 0.2) is 0 Å². The minimum absolute atomic E-state index is 0.00311. The second-order valence-electron chi connectivity index (χ2n) is 9.05. The van der Waals surface area contributed by atoms with E-state index in [-0.39, 0.29) is 31.7 Å². The van der Waals surface area contributed by atoms with Crippen LogP contribution in [-0.2, 0) is 30.5 Å². The highest BCUT2D eigenvalue weighted by Crippen LogP contribution is 2.58. The first kappa shape index (κ1) is 22.7. The molecule has 2 aromatic rings. The number of nitrogens with one attached hydrogen (secondary N) is 1. The average Bonchev–Trinajstić information content (AvgIpc) is 3.57. The molecule has 182 valence electrons. The number of unbranched alkanes of at least 4 members (excludes halogenated alkanes) is 1. The Kier molecular flexibility index (Phi) is 5.98. The van der Waals surface area contributed by atoms with Crippen LogP contribution in [0.3, 0.4) is 0 Å². The Bertz CT molecular complexity index is 1100. The predicted octanol–water partition coefficient (Wildman–Crippen LogP) is 0.215. The molecular formula is C23H29N5O6. The van der Waals surface area contributed by atoms with E-state index in [1.807, 2.05) is 24.3 Å². The number of likely N-dealkylation sites (tertiary alicyclic amines) is 1. The average molecular weight is 472 g/mol. The van der Waals surface area contributed by atoms with Gasteiger partial charge in [-0.25, -0.2) is 4.68 Å². The summed E-state index contributed by atoms with van der Waals surface area (Å²) in [6, 6.07) is 6.56. The number of benzene rings is 1. The van der Waals surface area contributed by atoms with E-state index in [4.69, 9.17) is 9.47 Å². The van der Waals surface area contributed by atoms with Crippen molar-refractivity contribution in [3.05, 3.63) is 24.3 Å². The summed E-state index contributed by atoms with van der Waals surface area (Å²) >= 11 is 0. The van der Waals surface area contributed by atoms with Crippen molar-refractivity contribution in [1.82, 2.24) is 25.2 Å². The number of nitrogens with zero attached hydrogens (tertiary/aromatic N) is 4. The summed E-state index contributed by atoms with van der Waals surface area (Å²) in [4.78, 5) is 41.4. The molecule has 3 aliphatic heterocycles. The van der Waals surface area contributed by atoms with Gasteiger partial charge in [-0.3, -0.25) is 14.4 Å². The third kappa shape index (κ3) is 3.45. The molecular weight excluding hydrogens is 442 g/mol. The molecule has 1 aromatic heterocycles. The molecule has 5 atom stereocenters. The van der Waals surface area contributed by atoms with Crippen LogP contribution in [-0.4, -0.2) is 80.3 Å². The summed E-state index contributed by atoms with van der Waals surface area (Å²) in [5, 5.41) is 20.3. The van der Waals surface area contributed by atoms with Crippen LogP contribution in [0.25, 0.3) is 11.0 Å². The number of carbonyl (C=O) groups excluding carboxylic acids is 3. The second kappa shape index (κ2) is 8.95. The molecule has 3 saturated heterocycles. The summed E-state index contributed by atoms with van der Waals surface area (Å²) in [6.45, 7) is 2.32. The normalized spacial score (nSPS) is 29.6. The number of aliphatic hydroxyl groups is 1. The quantitative estimate of drug-likeness (QED) is 0.392. The molecule has 11 heteroatoms. The topological polar surface area (TPSA) is 136 Å². The third-order valence-electron chi connectivity index (χ3n) is 7.24. The summed E-state index contributed by atoms with van der Waals surface area (Å²) in [5.41, 5.74) is 0.432. The monoisotopic (exact) mass is 471 g/mol. The number of aliphatic hydroxyl groups excluding tert-OH is 1. The molecule has 0 radical (unpaired) electrons. The van der Waals surface area contributed by atoms with Crippen molar-refractivity contribution in [3.63, 3.8) is 0 Å². The number of esters is 1. The van der Waals surface area contributed by atoms with E-state index in [9.17, 15) is 19.5 Å². The lowest BCUT2D eigenvalue weighted by Gasteiger charge is -2.33. The van der Waals surface area contributed by atoms with E-state index in [2.05, 4.69) is 15.6 Å². The first-order chi connectivity index (χ1) is 16.5. The number of aromatic nitrogens is 3. The fourth-order valence-electron chi connectivity index (χ4n) is 5.88. The third-order valence-corrected chi connectivity index (χ3v) is 7.24. The Morgan fingerprint density at radius 1 is 1.32 bits per heavy atom. The summed E-state index contributed by atoms with van der Waals surface area (Å²) < 4.78 is 13.1. The number of amides is 2. The molecule has 3 aliphatic rings. The molecule has 4 heterocycles. The Balaban J connectivity index is 1.41. The van der Waals surface area contributed by atoms with E-state index in [1.54, 1.807) is 11.6 Å². The summed E-state index contributed by atoms with van der Waals surface area (Å²) in [6.07, 6.45) is 1.73. The number of rotatable bonds is 9. The van der Waals surface area contributed by atoms with Gasteiger partial charge in [-0.05, 0) is 44.7 Å². The van der Waals surface area contributed by atoms with Crippen molar-refractivity contribution >= 4 is 28.8 Å². The highest BCUT2D eigenvalue weighted by Gasteiger charge is 2.74. The minimum atomic E-state index is -1.06. The number of fused-ring (bicyclic) bond motifs is 2. The maximum atomic E-state index is 13.6. The Morgan fingerprint density at radius 2 is 2.15 bits per heavy atom. The first-order valence-electron chi connectivity index (χ1n) is 11.8. The van der Waals surface area contributed by atoms with E-state index >= 15 is 0 Å². The number of hydrogen-bond acceptors (Lipinski definition) is 8. The molecule has 2 bridgehead atoms. The highest BCUT2D eigenvalue weighted by atomic mass is 16.6. The Hall–Kier alpha value is -3.05. The largest absolute Gasteiger partial charge is 0.466 e. The van der Waals surface area contributed by atoms with Gasteiger partial charge >= 0.3 is 5.97 Å². The zero-order valence-corrected chi connectivity index (χ0v) is 19.1. The molecule has 1 aromatic carbocycles. The number of hydrogen-bond donors (Lipinski definition) is 2. The van der Waals surface area contributed by atoms with Gasteiger partial charge in [0, 0.05) is 13.2 Å². The van der Waals surface area contributed by atoms with Crippen molar-refractivity contribution in [1.29, 1.82) is 0 Å². The molecule has 34 heavy (non-hydrogen) atoms. The Morgan fingerprint density at radius 3 is 2.94 bits per heavy atom. The zero-order valence-electron chi connectivity index (χ0n) is 19.1. The van der Waals surface area contributed by atoms with Gasteiger partial charge in [0.05, 0.1) is 30.1 Å². The molecule has 5 rings (SSSR count). The van der Waals surface area contributed by atoms with E-state index in [1.165, 1.54) is 4.90 Å². The van der Waals surface area contributed by atoms with E-state index in [0.29, 0.717) is 37.7 Å². The van der Waals surface area contributed by atoms with E-state index < -0.39 is 35.6 Å². The number of carbonyl (C=O) groups is 3. The van der Waals surface area contributed by atoms with Crippen LogP contribution in [0.1, 0.15) is 32.6 Å². The van der Waals surface area contributed by atoms with Gasteiger partial charge in [0.1, 0.15) is 23.8 Å². The molecule has 0 unspecified atom stereocenters. The molecule has 0 aliphatic carbocycles. The predicted molar refractivity (Wildman–Crippen MR) is 118 cm³/mol. The lowest BCUT2D eigenvalue weighted by Crippen LogP contribution is -2.55. The maximum absolute atomic E-state index is 13.6. The van der Waals surface area contributed by atoms with Crippen LogP contribution in [0.2, 0.25) is 0 Å². The molecule has 2 N–H and O–H groups in total. The highest BCUT2D eigenvalue weighted by molar-refractivity contribution is 5.98. The van der Waals surface area contributed by atoms with E-state index in [0.717, 1.165) is 5.52 Å². The first-order valence-corrected chi connectivity index (χ1v) is 11.8. The van der Waals surface area contributed by atoms with Crippen LogP contribution in [0.5, 0.6) is 0 Å². The van der Waals surface area contributed by atoms with Crippen molar-refractivity contribution < 1.29 is 29.0 Å². The fourth-order valence-corrected chi connectivity index (χ4v) is 5.88.